The van der Waals surface area contributed by atoms with Crippen LogP contribution in [0.25, 0.3) is 0 Å². The molecule has 1 aliphatic rings. The van der Waals surface area contributed by atoms with Crippen molar-refractivity contribution in [2.45, 2.75) is 43.4 Å². The number of sulfonamides is 1. The van der Waals surface area contributed by atoms with Crippen LogP contribution in [-0.4, -0.2) is 30.3 Å². The Kier molecular flexibility index (Phi) is 4.31. The molecule has 1 saturated carbocycles. The van der Waals surface area contributed by atoms with Gasteiger partial charge in [0, 0.05) is 12.6 Å². The molecule has 0 atom stereocenters. The second-order valence-electron chi connectivity index (χ2n) is 4.96. The maximum Gasteiger partial charge on any atom is 0.254 e. The highest BCUT2D eigenvalue weighted by molar-refractivity contribution is 7.91. The van der Waals surface area contributed by atoms with Gasteiger partial charge in [-0.15, -0.1) is 0 Å². The summed E-state index contributed by atoms with van der Waals surface area (Å²) in [4.78, 5) is 3.82. The molecule has 1 heterocycles. The standard InChI is InChI=1S/C11H17ClN2O2S2/c1-8(2)5-6-14(9-3-4-9)18(15,16)10-7-13-11(12)17-10/h7-9H,3-6H2,1-2H3. The first kappa shape index (κ1) is 14.2. The Morgan fingerprint density at radius 2 is 2.22 bits per heavy atom. The van der Waals surface area contributed by atoms with Gasteiger partial charge in [0.25, 0.3) is 10.0 Å². The molecule has 0 radical (unpaired) electrons. The molecule has 102 valence electrons. The molecule has 2 rings (SSSR count). The lowest BCUT2D eigenvalue weighted by Gasteiger charge is -2.21. The molecule has 0 saturated heterocycles. The highest BCUT2D eigenvalue weighted by Gasteiger charge is 2.38. The van der Waals surface area contributed by atoms with Crippen molar-refractivity contribution in [2.24, 2.45) is 5.92 Å². The zero-order valence-electron chi connectivity index (χ0n) is 10.5. The SMILES string of the molecule is CC(C)CCN(C1CC1)S(=O)(=O)c1cnc(Cl)s1. The van der Waals surface area contributed by atoms with Crippen LogP contribution in [0.1, 0.15) is 33.1 Å². The van der Waals surface area contributed by atoms with Gasteiger partial charge in [-0.25, -0.2) is 13.4 Å². The summed E-state index contributed by atoms with van der Waals surface area (Å²) in [5.74, 6) is 0.492. The first-order valence-electron chi connectivity index (χ1n) is 6.04. The Bertz CT molecular complexity index is 509. The van der Waals surface area contributed by atoms with E-state index in [1.54, 1.807) is 4.31 Å². The van der Waals surface area contributed by atoms with Gasteiger partial charge in [0.15, 0.2) is 8.68 Å². The van der Waals surface area contributed by atoms with E-state index in [-0.39, 0.29) is 14.7 Å². The smallest absolute Gasteiger partial charge is 0.232 e. The molecule has 0 spiro atoms. The predicted octanol–water partition coefficient (Wildman–Crippen LogP) is 3.00. The lowest BCUT2D eigenvalue weighted by Crippen LogP contribution is -2.34. The Morgan fingerprint density at radius 1 is 1.56 bits per heavy atom. The van der Waals surface area contributed by atoms with Gasteiger partial charge in [0.2, 0.25) is 0 Å². The van der Waals surface area contributed by atoms with E-state index in [9.17, 15) is 8.42 Å². The van der Waals surface area contributed by atoms with Crippen molar-refractivity contribution in [3.63, 3.8) is 0 Å². The molecule has 18 heavy (non-hydrogen) atoms. The number of halogens is 1. The fourth-order valence-electron chi connectivity index (χ4n) is 1.72. The zero-order chi connectivity index (χ0) is 13.3. The minimum atomic E-state index is -3.41. The van der Waals surface area contributed by atoms with Gasteiger partial charge in [0.1, 0.15) is 0 Å². The summed E-state index contributed by atoms with van der Waals surface area (Å²) in [7, 11) is -3.41. The largest absolute Gasteiger partial charge is 0.254 e. The molecular formula is C11H17ClN2O2S2. The average Bonchev–Trinajstić information content (AvgIpc) is 2.99. The van der Waals surface area contributed by atoms with E-state index < -0.39 is 10.0 Å². The van der Waals surface area contributed by atoms with E-state index in [2.05, 4.69) is 18.8 Å². The minimum absolute atomic E-state index is 0.176. The molecule has 0 bridgehead atoms. The normalized spacial score (nSPS) is 16.7. The fourth-order valence-corrected chi connectivity index (χ4v) is 4.84. The van der Waals surface area contributed by atoms with Crippen LogP contribution in [0.5, 0.6) is 0 Å². The number of hydrogen-bond donors (Lipinski definition) is 0. The molecule has 1 aromatic rings. The number of rotatable bonds is 6. The van der Waals surface area contributed by atoms with Gasteiger partial charge in [-0.2, -0.15) is 4.31 Å². The van der Waals surface area contributed by atoms with Gasteiger partial charge in [0.05, 0.1) is 6.20 Å². The second-order valence-corrected chi connectivity index (χ2v) is 8.69. The quantitative estimate of drug-likeness (QED) is 0.811. The summed E-state index contributed by atoms with van der Waals surface area (Å²) in [6.07, 6.45) is 4.16. The van der Waals surface area contributed by atoms with Crippen molar-refractivity contribution >= 4 is 33.0 Å². The van der Waals surface area contributed by atoms with Crippen molar-refractivity contribution in [3.8, 4) is 0 Å². The Morgan fingerprint density at radius 3 is 2.67 bits per heavy atom. The van der Waals surface area contributed by atoms with Crippen LogP contribution in [0.3, 0.4) is 0 Å². The number of hydrogen-bond acceptors (Lipinski definition) is 4. The van der Waals surface area contributed by atoms with Crippen molar-refractivity contribution in [1.29, 1.82) is 0 Å². The van der Waals surface area contributed by atoms with Crippen LogP contribution in [-0.2, 0) is 10.0 Å². The zero-order valence-corrected chi connectivity index (χ0v) is 12.9. The van der Waals surface area contributed by atoms with E-state index in [1.807, 2.05) is 0 Å². The van der Waals surface area contributed by atoms with Gasteiger partial charge in [-0.3, -0.25) is 0 Å². The maximum atomic E-state index is 12.5. The Hall–Kier alpha value is -0.170. The summed E-state index contributed by atoms with van der Waals surface area (Å²) in [6.45, 7) is 4.78. The van der Waals surface area contributed by atoms with Crippen LogP contribution >= 0.6 is 22.9 Å². The van der Waals surface area contributed by atoms with Crippen LogP contribution in [0.2, 0.25) is 4.47 Å². The first-order chi connectivity index (χ1) is 8.41. The molecule has 0 amide bonds. The number of thiazole rings is 1. The first-order valence-corrected chi connectivity index (χ1v) is 8.68. The van der Waals surface area contributed by atoms with E-state index >= 15 is 0 Å². The summed E-state index contributed by atoms with van der Waals surface area (Å²) in [5, 5.41) is 0. The summed E-state index contributed by atoms with van der Waals surface area (Å²) < 4.78 is 27.1. The molecule has 0 unspecified atom stereocenters. The van der Waals surface area contributed by atoms with Crippen LogP contribution in [0.4, 0.5) is 0 Å². The molecule has 4 nitrogen and oxygen atoms in total. The van der Waals surface area contributed by atoms with Crippen LogP contribution in [0, 0.1) is 5.92 Å². The lowest BCUT2D eigenvalue weighted by molar-refractivity contribution is 0.374. The Labute approximate surface area is 117 Å². The summed E-state index contributed by atoms with van der Waals surface area (Å²) in [6, 6.07) is 0.176. The third-order valence-corrected chi connectivity index (χ3v) is 6.40. The van der Waals surface area contributed by atoms with Crippen LogP contribution < -0.4 is 0 Å². The van der Waals surface area contributed by atoms with E-state index in [0.29, 0.717) is 12.5 Å². The molecule has 0 N–H and O–H groups in total. The summed E-state index contributed by atoms with van der Waals surface area (Å²) >= 11 is 6.75. The average molecular weight is 309 g/mol. The molecule has 1 aromatic heterocycles. The molecule has 0 aliphatic heterocycles. The fraction of sp³-hybridized carbons (Fsp3) is 0.727. The minimum Gasteiger partial charge on any atom is -0.232 e. The monoisotopic (exact) mass is 308 g/mol. The van der Waals surface area contributed by atoms with Crippen molar-refractivity contribution in [2.75, 3.05) is 6.54 Å². The van der Waals surface area contributed by atoms with Crippen molar-refractivity contribution in [1.82, 2.24) is 9.29 Å². The van der Waals surface area contributed by atoms with Gasteiger partial charge < -0.3 is 0 Å². The van der Waals surface area contributed by atoms with Crippen molar-refractivity contribution < 1.29 is 8.42 Å². The number of nitrogens with zero attached hydrogens (tertiary/aromatic N) is 2. The highest BCUT2D eigenvalue weighted by Crippen LogP contribution is 2.34. The van der Waals surface area contributed by atoms with Crippen LogP contribution in [0.15, 0.2) is 10.4 Å². The highest BCUT2D eigenvalue weighted by atomic mass is 35.5. The molecule has 1 fully saturated rings. The van der Waals surface area contributed by atoms with E-state index in [4.69, 9.17) is 11.6 Å². The van der Waals surface area contributed by atoms with E-state index in [1.165, 1.54) is 6.20 Å². The predicted molar refractivity (Wildman–Crippen MR) is 73.5 cm³/mol. The summed E-state index contributed by atoms with van der Waals surface area (Å²) in [5.41, 5.74) is 0. The van der Waals surface area contributed by atoms with Crippen molar-refractivity contribution in [3.05, 3.63) is 10.7 Å². The third kappa shape index (κ3) is 3.23. The number of aromatic nitrogens is 1. The third-order valence-electron chi connectivity index (χ3n) is 2.90. The topological polar surface area (TPSA) is 50.3 Å². The van der Waals surface area contributed by atoms with Gasteiger partial charge in [-0.05, 0) is 25.2 Å². The van der Waals surface area contributed by atoms with Gasteiger partial charge in [-0.1, -0.05) is 36.8 Å². The molecule has 1 aliphatic carbocycles. The molecule has 0 aromatic carbocycles. The maximum absolute atomic E-state index is 12.5. The van der Waals surface area contributed by atoms with Gasteiger partial charge >= 0.3 is 0 Å². The lowest BCUT2D eigenvalue weighted by atomic mass is 10.1. The molecular weight excluding hydrogens is 292 g/mol. The van der Waals surface area contributed by atoms with E-state index in [0.717, 1.165) is 30.6 Å². The Balaban J connectivity index is 2.19. The second kappa shape index (κ2) is 5.45. The molecule has 7 heteroatoms.